The lowest BCUT2D eigenvalue weighted by Gasteiger charge is -2.33. The number of oxazole rings is 1. The van der Waals surface area contributed by atoms with Crippen LogP contribution >= 0.6 is 11.3 Å². The van der Waals surface area contributed by atoms with Gasteiger partial charge in [-0.05, 0) is 31.9 Å². The first-order chi connectivity index (χ1) is 14.6. The number of fused-ring (bicyclic) bond motifs is 2. The number of aryl methyl sites for hydroxylation is 1. The zero-order valence-corrected chi connectivity index (χ0v) is 17.0. The Bertz CT molecular complexity index is 1290. The molecule has 3 aromatic heterocycles. The summed E-state index contributed by atoms with van der Waals surface area (Å²) in [6.07, 6.45) is 4.38. The van der Waals surface area contributed by atoms with Crippen molar-refractivity contribution < 1.29 is 13.6 Å². The molecule has 6 rings (SSSR count). The van der Waals surface area contributed by atoms with Gasteiger partial charge in [-0.3, -0.25) is 4.79 Å². The van der Waals surface area contributed by atoms with Crippen molar-refractivity contribution in [2.45, 2.75) is 38.1 Å². The second-order valence-corrected chi connectivity index (χ2v) is 8.86. The molecule has 7 nitrogen and oxygen atoms in total. The quantitative estimate of drug-likeness (QED) is 0.536. The van der Waals surface area contributed by atoms with Crippen LogP contribution in [0.25, 0.3) is 10.2 Å². The first-order valence-electron chi connectivity index (χ1n) is 9.95. The second-order valence-electron chi connectivity index (χ2n) is 7.80. The van der Waals surface area contributed by atoms with E-state index in [9.17, 15) is 9.18 Å². The number of hydrogen-bond acceptors (Lipinski definition) is 6. The first kappa shape index (κ1) is 17.8. The number of nitrogens with one attached hydrogen (secondary N) is 1. The normalized spacial score (nSPS) is 18.7. The van der Waals surface area contributed by atoms with E-state index in [2.05, 4.69) is 19.9 Å². The SMILES string of the molecule is Cc1nc(C2CC2)oc1C(=O)N1CCc2[nH]cnc2[C@H]1c1nc2c(F)cccc2s1. The third-order valence-electron chi connectivity index (χ3n) is 5.74. The number of para-hydroxylation sites is 1. The van der Waals surface area contributed by atoms with Gasteiger partial charge >= 0.3 is 0 Å². The molecule has 0 bridgehead atoms. The third-order valence-corrected chi connectivity index (χ3v) is 6.81. The summed E-state index contributed by atoms with van der Waals surface area (Å²) in [5.41, 5.74) is 2.63. The number of H-pyrrole nitrogens is 1. The summed E-state index contributed by atoms with van der Waals surface area (Å²) in [7, 11) is 0. The molecule has 1 saturated carbocycles. The molecule has 1 aliphatic heterocycles. The van der Waals surface area contributed by atoms with Crippen LogP contribution in [0.3, 0.4) is 0 Å². The summed E-state index contributed by atoms with van der Waals surface area (Å²) >= 11 is 1.38. The molecule has 4 heterocycles. The molecule has 4 aromatic rings. The Balaban J connectivity index is 1.45. The van der Waals surface area contributed by atoms with E-state index >= 15 is 0 Å². The van der Waals surface area contributed by atoms with E-state index in [1.807, 2.05) is 6.07 Å². The Kier molecular flexibility index (Phi) is 3.83. The van der Waals surface area contributed by atoms with Crippen molar-refractivity contribution in [1.82, 2.24) is 24.8 Å². The number of nitrogens with zero attached hydrogens (tertiary/aromatic N) is 4. The van der Waals surface area contributed by atoms with Gasteiger partial charge in [-0.15, -0.1) is 11.3 Å². The lowest BCUT2D eigenvalue weighted by atomic mass is 10.0. The van der Waals surface area contributed by atoms with E-state index in [4.69, 9.17) is 4.42 Å². The Morgan fingerprint density at radius 1 is 1.33 bits per heavy atom. The Hall–Kier alpha value is -3.07. The molecule has 0 unspecified atom stereocenters. The summed E-state index contributed by atoms with van der Waals surface area (Å²) in [6.45, 7) is 2.28. The molecule has 1 aliphatic carbocycles. The Labute approximate surface area is 175 Å². The van der Waals surface area contributed by atoms with Gasteiger partial charge in [0.05, 0.1) is 22.4 Å². The molecule has 1 atom stereocenters. The molecular formula is C21H18FN5O2S. The first-order valence-corrected chi connectivity index (χ1v) is 10.8. The highest BCUT2D eigenvalue weighted by Gasteiger charge is 2.39. The third kappa shape index (κ3) is 2.68. The molecule has 1 amide bonds. The number of benzene rings is 1. The molecule has 0 saturated heterocycles. The molecule has 0 spiro atoms. The predicted molar refractivity (Wildman–Crippen MR) is 108 cm³/mol. The monoisotopic (exact) mass is 423 g/mol. The van der Waals surface area contributed by atoms with Crippen LogP contribution in [0.4, 0.5) is 4.39 Å². The maximum absolute atomic E-state index is 14.3. The van der Waals surface area contributed by atoms with Crippen LogP contribution in [0.1, 0.15) is 63.3 Å². The summed E-state index contributed by atoms with van der Waals surface area (Å²) in [5, 5.41) is 0.635. The Morgan fingerprint density at radius 2 is 2.20 bits per heavy atom. The number of carbonyl (C=O) groups excluding carboxylic acids is 1. The molecule has 2 aliphatic rings. The number of rotatable bonds is 3. The van der Waals surface area contributed by atoms with Gasteiger partial charge in [0.25, 0.3) is 5.91 Å². The standard InChI is InChI=1S/C21H18FN5O2S/c1-10-18(29-19(25-10)11-5-6-11)21(28)27-8-7-13-16(24-9-23-13)17(27)20-26-15-12(22)3-2-4-14(15)30-20/h2-4,9,11,17H,5-8H2,1H3,(H,23,24)/t17-/m0/s1. The summed E-state index contributed by atoms with van der Waals surface area (Å²) in [4.78, 5) is 31.9. The van der Waals surface area contributed by atoms with Crippen molar-refractivity contribution in [2.24, 2.45) is 0 Å². The molecule has 0 radical (unpaired) electrons. The minimum atomic E-state index is -0.502. The zero-order chi connectivity index (χ0) is 20.4. The van der Waals surface area contributed by atoms with E-state index < -0.39 is 6.04 Å². The van der Waals surface area contributed by atoms with Crippen LogP contribution < -0.4 is 0 Å². The van der Waals surface area contributed by atoms with Crippen molar-refractivity contribution in [3.05, 3.63) is 64.1 Å². The number of thiazole rings is 1. The fourth-order valence-electron chi connectivity index (χ4n) is 4.05. The van der Waals surface area contributed by atoms with Crippen LogP contribution in [0.2, 0.25) is 0 Å². The molecular weight excluding hydrogens is 405 g/mol. The number of amides is 1. The van der Waals surface area contributed by atoms with Gasteiger partial charge in [-0.2, -0.15) is 0 Å². The molecule has 1 aromatic carbocycles. The lowest BCUT2D eigenvalue weighted by Crippen LogP contribution is -2.40. The second kappa shape index (κ2) is 6.46. The average molecular weight is 423 g/mol. The highest BCUT2D eigenvalue weighted by Crippen LogP contribution is 2.42. The van der Waals surface area contributed by atoms with E-state index in [0.29, 0.717) is 41.0 Å². The molecule has 1 fully saturated rings. The summed E-state index contributed by atoms with van der Waals surface area (Å²) in [6, 6.07) is 4.40. The fourth-order valence-corrected chi connectivity index (χ4v) is 5.14. The zero-order valence-electron chi connectivity index (χ0n) is 16.2. The van der Waals surface area contributed by atoms with Crippen molar-refractivity contribution in [3.8, 4) is 0 Å². The summed E-state index contributed by atoms with van der Waals surface area (Å²) < 4.78 is 20.9. The molecule has 9 heteroatoms. The van der Waals surface area contributed by atoms with Crippen LogP contribution in [-0.2, 0) is 6.42 Å². The van der Waals surface area contributed by atoms with E-state index in [1.54, 1.807) is 24.2 Å². The predicted octanol–water partition coefficient (Wildman–Crippen LogP) is 4.12. The number of aromatic nitrogens is 4. The number of carbonyl (C=O) groups is 1. The fraction of sp³-hybridized carbons (Fsp3) is 0.333. The van der Waals surface area contributed by atoms with Crippen LogP contribution in [0.5, 0.6) is 0 Å². The van der Waals surface area contributed by atoms with Gasteiger partial charge in [0.15, 0.2) is 5.89 Å². The van der Waals surface area contributed by atoms with Crippen molar-refractivity contribution in [3.63, 3.8) is 0 Å². The molecule has 1 N–H and O–H groups in total. The lowest BCUT2D eigenvalue weighted by molar-refractivity contribution is 0.0655. The summed E-state index contributed by atoms with van der Waals surface area (Å²) in [5.74, 6) is 0.643. The average Bonchev–Trinajstić information content (AvgIpc) is 3.14. The van der Waals surface area contributed by atoms with E-state index in [-0.39, 0.29) is 17.5 Å². The highest BCUT2D eigenvalue weighted by atomic mass is 32.1. The topological polar surface area (TPSA) is 87.9 Å². The minimum Gasteiger partial charge on any atom is -0.435 e. The van der Waals surface area contributed by atoms with Crippen molar-refractivity contribution in [2.75, 3.05) is 6.54 Å². The van der Waals surface area contributed by atoms with E-state index in [1.165, 1.54) is 17.4 Å². The van der Waals surface area contributed by atoms with Crippen LogP contribution in [0, 0.1) is 12.7 Å². The Morgan fingerprint density at radius 3 is 3.00 bits per heavy atom. The van der Waals surface area contributed by atoms with Crippen LogP contribution in [0.15, 0.2) is 28.9 Å². The van der Waals surface area contributed by atoms with Crippen LogP contribution in [-0.4, -0.2) is 37.3 Å². The maximum Gasteiger partial charge on any atom is 0.292 e. The number of hydrogen-bond donors (Lipinski definition) is 1. The van der Waals surface area contributed by atoms with E-state index in [0.717, 1.165) is 28.9 Å². The van der Waals surface area contributed by atoms with Gasteiger partial charge in [-0.25, -0.2) is 19.3 Å². The molecule has 152 valence electrons. The van der Waals surface area contributed by atoms with Crippen molar-refractivity contribution >= 4 is 27.5 Å². The van der Waals surface area contributed by atoms with Crippen molar-refractivity contribution in [1.29, 1.82) is 0 Å². The number of aromatic amines is 1. The number of halogens is 1. The van der Waals surface area contributed by atoms with Gasteiger partial charge in [-0.1, -0.05) is 6.07 Å². The van der Waals surface area contributed by atoms with Gasteiger partial charge < -0.3 is 14.3 Å². The minimum absolute atomic E-state index is 0.231. The number of imidazole rings is 1. The largest absolute Gasteiger partial charge is 0.435 e. The van der Waals surface area contributed by atoms with Gasteiger partial charge in [0.1, 0.15) is 22.4 Å². The molecule has 30 heavy (non-hydrogen) atoms. The maximum atomic E-state index is 14.3. The van der Waals surface area contributed by atoms with Gasteiger partial charge in [0.2, 0.25) is 5.76 Å². The smallest absolute Gasteiger partial charge is 0.292 e. The van der Waals surface area contributed by atoms with Gasteiger partial charge in [0, 0.05) is 24.6 Å². The highest BCUT2D eigenvalue weighted by molar-refractivity contribution is 7.18.